The van der Waals surface area contributed by atoms with Crippen LogP contribution in [0.3, 0.4) is 0 Å². The van der Waals surface area contributed by atoms with Crippen molar-refractivity contribution in [3.05, 3.63) is 84.8 Å². The second-order valence-electron chi connectivity index (χ2n) is 8.84. The highest BCUT2D eigenvalue weighted by atomic mass is 16.2. The van der Waals surface area contributed by atoms with E-state index in [1.165, 1.54) is 15.7 Å². The molecule has 1 fully saturated rings. The first-order valence-corrected chi connectivity index (χ1v) is 11.6. The maximum atomic E-state index is 13.2. The molecule has 0 spiro atoms. The summed E-state index contributed by atoms with van der Waals surface area (Å²) in [5, 5.41) is 6.43. The molecule has 5 rings (SSSR count). The molecule has 4 amide bonds. The van der Waals surface area contributed by atoms with Crippen molar-refractivity contribution in [2.45, 2.75) is 25.0 Å². The molecule has 3 heterocycles. The summed E-state index contributed by atoms with van der Waals surface area (Å²) in [6, 6.07) is 16.7. The number of nitrogens with one attached hydrogen (secondary N) is 2. The van der Waals surface area contributed by atoms with E-state index in [2.05, 4.69) is 10.6 Å². The largest absolute Gasteiger partial charge is 0.351 e. The van der Waals surface area contributed by atoms with Crippen molar-refractivity contribution in [1.29, 1.82) is 0 Å². The molecule has 10 nitrogen and oxygen atoms in total. The minimum absolute atomic E-state index is 0.238. The summed E-state index contributed by atoms with van der Waals surface area (Å²) in [5.41, 5.74) is 14.5. The number of carbonyl (C=O) groups excluding carboxylic acids is 3. The molecule has 184 valence electrons. The number of urea groups is 1. The van der Waals surface area contributed by atoms with Crippen molar-refractivity contribution in [2.75, 3.05) is 11.9 Å². The Labute approximate surface area is 207 Å². The van der Waals surface area contributed by atoms with Gasteiger partial charge in [-0.2, -0.15) is 0 Å². The highest BCUT2D eigenvalue weighted by Crippen LogP contribution is 2.27. The number of aromatic nitrogens is 2. The van der Waals surface area contributed by atoms with Crippen LogP contribution in [-0.4, -0.2) is 50.6 Å². The van der Waals surface area contributed by atoms with Crippen LogP contribution in [0.1, 0.15) is 12.0 Å². The topological polar surface area (TPSA) is 140 Å². The van der Waals surface area contributed by atoms with Crippen molar-refractivity contribution in [2.24, 2.45) is 11.5 Å². The van der Waals surface area contributed by atoms with E-state index in [0.717, 1.165) is 11.3 Å². The highest BCUT2D eigenvalue weighted by molar-refractivity contribution is 6.05. The third-order valence-corrected chi connectivity index (χ3v) is 6.37. The summed E-state index contributed by atoms with van der Waals surface area (Å²) in [4.78, 5) is 39.6. The lowest BCUT2D eigenvalue weighted by Crippen LogP contribution is -2.47. The molecule has 10 heteroatoms. The molecular formula is C26H27N7O3. The Bertz CT molecular complexity index is 1430. The van der Waals surface area contributed by atoms with E-state index in [9.17, 15) is 14.4 Å². The van der Waals surface area contributed by atoms with E-state index < -0.39 is 18.1 Å². The normalized spacial score (nSPS) is 17.3. The average Bonchev–Trinajstić information content (AvgIpc) is 3.62. The first-order chi connectivity index (χ1) is 17.4. The van der Waals surface area contributed by atoms with Crippen molar-refractivity contribution >= 4 is 34.6 Å². The van der Waals surface area contributed by atoms with Crippen LogP contribution in [0.4, 0.5) is 15.3 Å². The standard InChI is InChI=1S/C26H27N7O3/c27-18-13-23(24(34)29-14-17-6-5-7-19(12-17)31-10-3-4-11-31)33(15-18)26(36)30-21-16-32(25(28)35)22-9-2-1-8-20(21)22/h1-12,16,18,23H,13-15,27H2,(H2,28,35)(H,29,34)(H,30,36)/t18-,23-/m0/s1. The first kappa shape index (κ1) is 23.2. The molecule has 0 radical (unpaired) electrons. The van der Waals surface area contributed by atoms with Crippen LogP contribution in [-0.2, 0) is 11.3 Å². The number of amides is 4. The summed E-state index contributed by atoms with van der Waals surface area (Å²) in [6.07, 6.45) is 5.74. The number of para-hydroxylation sites is 1. The number of likely N-dealkylation sites (tertiary alicyclic amines) is 1. The summed E-state index contributed by atoms with van der Waals surface area (Å²) in [5.74, 6) is -0.274. The van der Waals surface area contributed by atoms with Gasteiger partial charge in [0.2, 0.25) is 5.91 Å². The Morgan fingerprint density at radius 2 is 1.78 bits per heavy atom. The Kier molecular flexibility index (Phi) is 6.17. The van der Waals surface area contributed by atoms with E-state index in [0.29, 0.717) is 29.6 Å². The monoisotopic (exact) mass is 485 g/mol. The fourth-order valence-electron chi connectivity index (χ4n) is 4.63. The zero-order valence-electron chi connectivity index (χ0n) is 19.5. The number of hydrogen-bond acceptors (Lipinski definition) is 4. The molecule has 4 aromatic rings. The lowest BCUT2D eigenvalue weighted by Gasteiger charge is -2.24. The maximum Gasteiger partial charge on any atom is 0.323 e. The summed E-state index contributed by atoms with van der Waals surface area (Å²) in [6.45, 7) is 0.558. The van der Waals surface area contributed by atoms with Crippen LogP contribution in [0, 0.1) is 0 Å². The predicted molar refractivity (Wildman–Crippen MR) is 137 cm³/mol. The van der Waals surface area contributed by atoms with Gasteiger partial charge in [-0.3, -0.25) is 9.36 Å². The Hall–Kier alpha value is -4.57. The van der Waals surface area contributed by atoms with E-state index in [4.69, 9.17) is 11.5 Å². The molecule has 2 aromatic carbocycles. The van der Waals surface area contributed by atoms with E-state index in [1.54, 1.807) is 24.3 Å². The molecule has 1 aliphatic rings. The molecule has 36 heavy (non-hydrogen) atoms. The SMILES string of the molecule is NC(=O)n1cc(NC(=O)N2C[C@@H](N)C[C@H]2C(=O)NCc2cccc(-n3cccc3)c2)c2ccccc21. The van der Waals surface area contributed by atoms with Gasteiger partial charge < -0.3 is 31.6 Å². The van der Waals surface area contributed by atoms with Gasteiger partial charge in [0.1, 0.15) is 6.04 Å². The van der Waals surface area contributed by atoms with Gasteiger partial charge in [-0.25, -0.2) is 9.59 Å². The Balaban J connectivity index is 1.29. The smallest absolute Gasteiger partial charge is 0.323 e. The molecule has 0 unspecified atom stereocenters. The van der Waals surface area contributed by atoms with Crippen molar-refractivity contribution in [1.82, 2.24) is 19.4 Å². The molecule has 1 saturated heterocycles. The fourth-order valence-corrected chi connectivity index (χ4v) is 4.63. The van der Waals surface area contributed by atoms with Crippen molar-refractivity contribution in [3.8, 4) is 5.69 Å². The number of hydrogen-bond donors (Lipinski definition) is 4. The van der Waals surface area contributed by atoms with Crippen LogP contribution in [0.2, 0.25) is 0 Å². The second-order valence-corrected chi connectivity index (χ2v) is 8.84. The molecule has 2 aromatic heterocycles. The third-order valence-electron chi connectivity index (χ3n) is 6.37. The van der Waals surface area contributed by atoms with Gasteiger partial charge in [-0.1, -0.05) is 30.3 Å². The molecule has 6 N–H and O–H groups in total. The molecule has 0 aliphatic carbocycles. The summed E-state index contributed by atoms with van der Waals surface area (Å²) < 4.78 is 3.26. The zero-order valence-corrected chi connectivity index (χ0v) is 19.5. The van der Waals surface area contributed by atoms with Gasteiger partial charge in [0, 0.05) is 48.8 Å². The third kappa shape index (κ3) is 4.53. The summed E-state index contributed by atoms with van der Waals surface area (Å²) in [7, 11) is 0. The van der Waals surface area contributed by atoms with Gasteiger partial charge in [-0.15, -0.1) is 0 Å². The molecule has 0 bridgehead atoms. The number of rotatable bonds is 5. The van der Waals surface area contributed by atoms with Crippen LogP contribution in [0.25, 0.3) is 16.6 Å². The fraction of sp³-hybridized carbons (Fsp3) is 0.192. The number of nitrogens with zero attached hydrogens (tertiary/aromatic N) is 3. The number of nitrogens with two attached hydrogens (primary N) is 2. The molecule has 2 atom stereocenters. The van der Waals surface area contributed by atoms with Crippen LogP contribution < -0.4 is 22.1 Å². The van der Waals surface area contributed by atoms with Crippen LogP contribution in [0.15, 0.2) is 79.3 Å². The Morgan fingerprint density at radius 1 is 1.00 bits per heavy atom. The van der Waals surface area contributed by atoms with Crippen molar-refractivity contribution in [3.63, 3.8) is 0 Å². The molecule has 0 saturated carbocycles. The molecule has 1 aliphatic heterocycles. The minimum Gasteiger partial charge on any atom is -0.351 e. The van der Waals surface area contributed by atoms with Crippen LogP contribution in [0.5, 0.6) is 0 Å². The minimum atomic E-state index is -0.711. The number of primary amides is 1. The number of benzene rings is 2. The number of fused-ring (bicyclic) bond motifs is 1. The highest BCUT2D eigenvalue weighted by Gasteiger charge is 2.38. The van der Waals surface area contributed by atoms with Gasteiger partial charge >= 0.3 is 12.1 Å². The van der Waals surface area contributed by atoms with Gasteiger partial charge in [0.15, 0.2) is 0 Å². The van der Waals surface area contributed by atoms with Gasteiger partial charge in [0.05, 0.1) is 11.2 Å². The number of carbonyl (C=O) groups is 3. The van der Waals surface area contributed by atoms with Gasteiger partial charge in [0.25, 0.3) is 0 Å². The van der Waals surface area contributed by atoms with Crippen LogP contribution >= 0.6 is 0 Å². The summed E-state index contributed by atoms with van der Waals surface area (Å²) >= 11 is 0. The Morgan fingerprint density at radius 3 is 2.56 bits per heavy atom. The lowest BCUT2D eigenvalue weighted by molar-refractivity contribution is -0.124. The second kappa shape index (κ2) is 9.59. The first-order valence-electron chi connectivity index (χ1n) is 11.6. The van der Waals surface area contributed by atoms with Crippen molar-refractivity contribution < 1.29 is 14.4 Å². The lowest BCUT2D eigenvalue weighted by atomic mass is 10.1. The number of anilines is 1. The van der Waals surface area contributed by atoms with E-state index in [1.807, 2.05) is 53.4 Å². The van der Waals surface area contributed by atoms with E-state index >= 15 is 0 Å². The zero-order chi connectivity index (χ0) is 25.2. The quantitative estimate of drug-likeness (QED) is 0.345. The van der Waals surface area contributed by atoms with E-state index in [-0.39, 0.29) is 18.5 Å². The predicted octanol–water partition coefficient (Wildman–Crippen LogP) is 2.61. The molecular weight excluding hydrogens is 458 g/mol. The maximum absolute atomic E-state index is 13.2. The average molecular weight is 486 g/mol. The van der Waals surface area contributed by atoms with Gasteiger partial charge in [-0.05, 0) is 42.3 Å².